The number of pyridine rings is 1. The van der Waals surface area contributed by atoms with Crippen LogP contribution in [0.5, 0.6) is 0 Å². The van der Waals surface area contributed by atoms with Crippen molar-refractivity contribution in [3.05, 3.63) is 53.7 Å². The first-order chi connectivity index (χ1) is 14.7. The van der Waals surface area contributed by atoms with E-state index in [0.29, 0.717) is 11.4 Å². The molecule has 2 aromatic heterocycles. The van der Waals surface area contributed by atoms with E-state index in [-0.39, 0.29) is 11.9 Å². The lowest BCUT2D eigenvalue weighted by Gasteiger charge is -2.11. The Hall–Kier alpha value is -3.10. The molecule has 154 valence electrons. The molecule has 1 aromatic carbocycles. The molecule has 1 fully saturated rings. The van der Waals surface area contributed by atoms with Gasteiger partial charge < -0.3 is 21.4 Å². The first kappa shape index (κ1) is 20.2. The quantitative estimate of drug-likeness (QED) is 0.433. The molecule has 7 nitrogen and oxygen atoms in total. The van der Waals surface area contributed by atoms with Crippen molar-refractivity contribution in [2.75, 3.05) is 18.4 Å². The highest BCUT2D eigenvalue weighted by molar-refractivity contribution is 7.22. The average molecular weight is 421 g/mol. The number of hydrogen-bond acceptors (Lipinski definition) is 7. The van der Waals surface area contributed by atoms with Crippen LogP contribution in [-0.4, -0.2) is 41.2 Å². The van der Waals surface area contributed by atoms with Crippen molar-refractivity contribution in [2.24, 2.45) is 0 Å². The van der Waals surface area contributed by atoms with E-state index >= 15 is 0 Å². The van der Waals surface area contributed by atoms with E-state index in [1.807, 2.05) is 18.2 Å². The van der Waals surface area contributed by atoms with E-state index in [9.17, 15) is 4.79 Å². The van der Waals surface area contributed by atoms with E-state index < -0.39 is 0 Å². The summed E-state index contributed by atoms with van der Waals surface area (Å²) in [6.45, 7) is 3.83. The smallest absolute Gasteiger partial charge is 0.251 e. The van der Waals surface area contributed by atoms with E-state index in [4.69, 9.17) is 5.41 Å². The lowest BCUT2D eigenvalue weighted by Crippen LogP contribution is -2.36. The minimum atomic E-state index is -0.0897. The van der Waals surface area contributed by atoms with Crippen molar-refractivity contribution in [3.63, 3.8) is 0 Å². The summed E-state index contributed by atoms with van der Waals surface area (Å²) in [7, 11) is 0. The first-order valence-electron chi connectivity index (χ1n) is 10.0. The number of allylic oxidation sites excluding steroid dienone is 2. The molecule has 0 spiro atoms. The molecule has 4 rings (SSSR count). The van der Waals surface area contributed by atoms with Crippen LogP contribution in [0, 0.1) is 5.41 Å². The second kappa shape index (κ2) is 9.15. The molecule has 4 N–H and O–H groups in total. The third kappa shape index (κ3) is 4.55. The maximum Gasteiger partial charge on any atom is 0.251 e. The van der Waals surface area contributed by atoms with Gasteiger partial charge in [-0.2, -0.15) is 0 Å². The lowest BCUT2D eigenvalue weighted by atomic mass is 10.0. The van der Waals surface area contributed by atoms with Crippen LogP contribution in [-0.2, 0) is 0 Å². The summed E-state index contributed by atoms with van der Waals surface area (Å²) in [4.78, 5) is 21.5. The molecule has 0 bridgehead atoms. The van der Waals surface area contributed by atoms with Gasteiger partial charge in [0.2, 0.25) is 0 Å². The van der Waals surface area contributed by atoms with Gasteiger partial charge >= 0.3 is 0 Å². The molecular formula is C22H24N6OS. The van der Waals surface area contributed by atoms with E-state index in [2.05, 4.69) is 38.9 Å². The highest BCUT2D eigenvalue weighted by atomic mass is 32.1. The molecular weight excluding hydrogens is 396 g/mol. The van der Waals surface area contributed by atoms with Crippen LogP contribution in [0.3, 0.4) is 0 Å². The van der Waals surface area contributed by atoms with Crippen molar-refractivity contribution < 1.29 is 4.79 Å². The van der Waals surface area contributed by atoms with Crippen LogP contribution in [0.15, 0.2) is 42.6 Å². The molecule has 0 aliphatic carbocycles. The Bertz CT molecular complexity index is 1100. The SMILES string of the molecule is CC/C(=C\C=N)c1ccc2nc(Nc3cc(C(=O)NC4CCNC4)ccn3)sc2c1. The summed E-state index contributed by atoms with van der Waals surface area (Å²) in [5.41, 5.74) is 3.70. The molecule has 8 heteroatoms. The Morgan fingerprint density at radius 1 is 1.33 bits per heavy atom. The topological polar surface area (TPSA) is 103 Å². The number of amides is 1. The van der Waals surface area contributed by atoms with E-state index in [1.165, 1.54) is 17.6 Å². The largest absolute Gasteiger partial charge is 0.348 e. The maximum atomic E-state index is 12.5. The summed E-state index contributed by atoms with van der Waals surface area (Å²) < 4.78 is 1.06. The summed E-state index contributed by atoms with van der Waals surface area (Å²) >= 11 is 1.54. The Labute approximate surface area is 179 Å². The Kier molecular flexibility index (Phi) is 6.15. The zero-order valence-electron chi connectivity index (χ0n) is 16.7. The second-order valence-corrected chi connectivity index (χ2v) is 8.16. The molecule has 3 heterocycles. The van der Waals surface area contributed by atoms with Gasteiger partial charge in [0.25, 0.3) is 5.91 Å². The fourth-order valence-electron chi connectivity index (χ4n) is 3.49. The summed E-state index contributed by atoms with van der Waals surface area (Å²) in [6.07, 6.45) is 6.58. The number of carbonyl (C=O) groups is 1. The van der Waals surface area contributed by atoms with Gasteiger partial charge in [0, 0.05) is 30.6 Å². The van der Waals surface area contributed by atoms with Gasteiger partial charge in [0.1, 0.15) is 5.82 Å². The van der Waals surface area contributed by atoms with Crippen LogP contribution in [0.2, 0.25) is 0 Å². The molecule has 1 unspecified atom stereocenters. The average Bonchev–Trinajstić information content (AvgIpc) is 3.40. The molecule has 1 saturated heterocycles. The minimum Gasteiger partial charge on any atom is -0.348 e. The van der Waals surface area contributed by atoms with Gasteiger partial charge in [-0.3, -0.25) is 4.79 Å². The predicted molar refractivity (Wildman–Crippen MR) is 123 cm³/mol. The minimum absolute atomic E-state index is 0.0897. The maximum absolute atomic E-state index is 12.5. The zero-order chi connectivity index (χ0) is 20.9. The summed E-state index contributed by atoms with van der Waals surface area (Å²) in [5, 5.41) is 17.6. The Morgan fingerprint density at radius 3 is 3.00 bits per heavy atom. The van der Waals surface area contributed by atoms with Gasteiger partial charge in [0.15, 0.2) is 5.13 Å². The van der Waals surface area contributed by atoms with E-state index in [0.717, 1.165) is 52.4 Å². The van der Waals surface area contributed by atoms with Crippen molar-refractivity contribution in [1.82, 2.24) is 20.6 Å². The number of anilines is 2. The summed E-state index contributed by atoms with van der Waals surface area (Å²) in [5.74, 6) is 0.498. The molecule has 0 radical (unpaired) electrons. The third-order valence-corrected chi connectivity index (χ3v) is 6.01. The number of fused-ring (bicyclic) bond motifs is 1. The number of thiazole rings is 1. The number of rotatable bonds is 7. The van der Waals surface area contributed by atoms with Gasteiger partial charge in [-0.25, -0.2) is 9.97 Å². The van der Waals surface area contributed by atoms with Crippen LogP contribution >= 0.6 is 11.3 Å². The molecule has 1 aliphatic heterocycles. The molecule has 30 heavy (non-hydrogen) atoms. The number of aromatic nitrogens is 2. The van der Waals surface area contributed by atoms with Crippen LogP contribution in [0.25, 0.3) is 15.8 Å². The Balaban J connectivity index is 1.51. The third-order valence-electron chi connectivity index (χ3n) is 5.08. The number of nitrogens with zero attached hydrogens (tertiary/aromatic N) is 2. The molecule has 1 atom stereocenters. The van der Waals surface area contributed by atoms with Crippen molar-refractivity contribution in [1.29, 1.82) is 5.41 Å². The second-order valence-electron chi connectivity index (χ2n) is 7.13. The fourth-order valence-corrected chi connectivity index (χ4v) is 4.40. The van der Waals surface area contributed by atoms with Crippen molar-refractivity contribution in [3.8, 4) is 0 Å². The van der Waals surface area contributed by atoms with E-state index in [1.54, 1.807) is 18.3 Å². The van der Waals surface area contributed by atoms with Gasteiger partial charge in [-0.05, 0) is 60.9 Å². The van der Waals surface area contributed by atoms with Gasteiger partial charge in [-0.15, -0.1) is 0 Å². The molecule has 0 saturated carbocycles. The van der Waals surface area contributed by atoms with Gasteiger partial charge in [-0.1, -0.05) is 24.3 Å². The lowest BCUT2D eigenvalue weighted by molar-refractivity contribution is 0.0940. The zero-order valence-corrected chi connectivity index (χ0v) is 17.6. The summed E-state index contributed by atoms with van der Waals surface area (Å²) in [6, 6.07) is 9.77. The predicted octanol–water partition coefficient (Wildman–Crippen LogP) is 3.97. The first-order valence-corrected chi connectivity index (χ1v) is 10.8. The van der Waals surface area contributed by atoms with Crippen molar-refractivity contribution >= 4 is 50.2 Å². The standard InChI is InChI=1S/C22H24N6OS/c1-2-14(5-8-23)15-3-4-18-19(11-15)30-22(27-18)28-20-12-16(6-10-25-20)21(29)26-17-7-9-24-13-17/h3-6,8,10-12,17,23-24H,2,7,9,13H2,1H3,(H,26,29)(H,25,27,28)/b14-5+,23-8?. The normalized spacial score (nSPS) is 16.6. The number of benzene rings is 1. The number of nitrogens with one attached hydrogen (secondary N) is 4. The van der Waals surface area contributed by atoms with Gasteiger partial charge in [0.05, 0.1) is 10.2 Å². The van der Waals surface area contributed by atoms with Crippen molar-refractivity contribution in [2.45, 2.75) is 25.8 Å². The number of carbonyl (C=O) groups excluding carboxylic acids is 1. The highest BCUT2D eigenvalue weighted by Crippen LogP contribution is 2.31. The number of hydrogen-bond donors (Lipinski definition) is 4. The molecule has 1 amide bonds. The van der Waals surface area contributed by atoms with Crippen LogP contribution in [0.4, 0.5) is 10.9 Å². The fraction of sp³-hybridized carbons (Fsp3) is 0.273. The van der Waals surface area contributed by atoms with Crippen LogP contribution < -0.4 is 16.0 Å². The molecule has 3 aromatic rings. The Morgan fingerprint density at radius 2 is 2.23 bits per heavy atom. The monoisotopic (exact) mass is 420 g/mol. The van der Waals surface area contributed by atoms with Crippen LogP contribution in [0.1, 0.15) is 35.7 Å². The molecule has 1 aliphatic rings. The highest BCUT2D eigenvalue weighted by Gasteiger charge is 2.18.